The molecule has 0 radical (unpaired) electrons. The predicted molar refractivity (Wildman–Crippen MR) is 73.0 cm³/mol. The number of rotatable bonds is 5. The van der Waals surface area contributed by atoms with Crippen LogP contribution in [0.3, 0.4) is 0 Å². The van der Waals surface area contributed by atoms with E-state index in [1.165, 1.54) is 4.31 Å². The summed E-state index contributed by atoms with van der Waals surface area (Å²) >= 11 is 11.8. The van der Waals surface area contributed by atoms with Gasteiger partial charge in [-0.2, -0.15) is 17.4 Å². The summed E-state index contributed by atoms with van der Waals surface area (Å²) in [6.07, 6.45) is 1.86. The van der Waals surface area contributed by atoms with Gasteiger partial charge in [0, 0.05) is 29.7 Å². The Labute approximate surface area is 117 Å². The fourth-order valence-electron chi connectivity index (χ4n) is 1.57. The Bertz CT molecular complexity index is 544. The first-order valence-electron chi connectivity index (χ1n) is 5.57. The van der Waals surface area contributed by atoms with Crippen molar-refractivity contribution in [1.82, 2.24) is 9.03 Å². The van der Waals surface area contributed by atoms with Gasteiger partial charge in [-0.1, -0.05) is 29.3 Å². The van der Waals surface area contributed by atoms with Crippen LogP contribution in [0.4, 0.5) is 0 Å². The van der Waals surface area contributed by atoms with Crippen LogP contribution in [0.2, 0.25) is 10.0 Å². The number of nitrogens with one attached hydrogen (secondary N) is 1. The Balaban J connectivity index is 2.02. The highest BCUT2D eigenvalue weighted by atomic mass is 35.5. The van der Waals surface area contributed by atoms with Crippen LogP contribution in [0.15, 0.2) is 18.2 Å². The predicted octanol–water partition coefficient (Wildman–Crippen LogP) is 2.42. The molecule has 0 bridgehead atoms. The lowest BCUT2D eigenvalue weighted by atomic mass is 10.2. The van der Waals surface area contributed by atoms with E-state index in [9.17, 15) is 8.42 Å². The molecular formula is C11H14Cl2N2O2S. The standard InChI is InChI=1S/C11H14Cl2N2O2S/c1-15(10-4-5-10)18(16,17)14-7-8-2-3-9(12)6-11(8)13/h2-3,6,10,14H,4-5,7H2,1H3. The minimum atomic E-state index is -3.43. The summed E-state index contributed by atoms with van der Waals surface area (Å²) in [6, 6.07) is 5.13. The van der Waals surface area contributed by atoms with E-state index in [1.54, 1.807) is 25.2 Å². The summed E-state index contributed by atoms with van der Waals surface area (Å²) in [5.74, 6) is 0. The molecule has 0 aromatic heterocycles. The van der Waals surface area contributed by atoms with Gasteiger partial charge < -0.3 is 0 Å². The summed E-state index contributed by atoms with van der Waals surface area (Å²) in [5, 5.41) is 0.987. The van der Waals surface area contributed by atoms with E-state index in [0.29, 0.717) is 15.6 Å². The molecule has 0 saturated heterocycles. The van der Waals surface area contributed by atoms with Crippen LogP contribution in [0, 0.1) is 0 Å². The second kappa shape index (κ2) is 5.35. The molecule has 2 rings (SSSR count). The third-order valence-electron chi connectivity index (χ3n) is 2.90. The van der Waals surface area contributed by atoms with Gasteiger partial charge in [0.05, 0.1) is 0 Å². The molecule has 0 heterocycles. The second-order valence-electron chi connectivity index (χ2n) is 4.31. The number of benzene rings is 1. The molecule has 100 valence electrons. The smallest absolute Gasteiger partial charge is 0.198 e. The van der Waals surface area contributed by atoms with Gasteiger partial charge in [-0.3, -0.25) is 0 Å². The first-order chi connectivity index (χ1) is 8.40. The summed E-state index contributed by atoms with van der Waals surface area (Å²) in [5.41, 5.74) is 0.703. The van der Waals surface area contributed by atoms with Crippen molar-refractivity contribution in [3.05, 3.63) is 33.8 Å². The zero-order valence-corrected chi connectivity index (χ0v) is 12.2. The van der Waals surface area contributed by atoms with E-state index in [1.807, 2.05) is 0 Å². The molecule has 1 aromatic carbocycles. The highest BCUT2D eigenvalue weighted by molar-refractivity contribution is 7.87. The Morgan fingerprint density at radius 1 is 1.39 bits per heavy atom. The fraction of sp³-hybridized carbons (Fsp3) is 0.455. The van der Waals surface area contributed by atoms with E-state index in [0.717, 1.165) is 12.8 Å². The van der Waals surface area contributed by atoms with E-state index in [-0.39, 0.29) is 12.6 Å². The van der Waals surface area contributed by atoms with Crippen molar-refractivity contribution in [1.29, 1.82) is 0 Å². The average Bonchev–Trinajstić information content (AvgIpc) is 3.10. The Hall–Kier alpha value is -0.330. The molecule has 0 spiro atoms. The third kappa shape index (κ3) is 3.36. The number of hydrogen-bond acceptors (Lipinski definition) is 2. The van der Waals surface area contributed by atoms with Crippen molar-refractivity contribution < 1.29 is 8.42 Å². The van der Waals surface area contributed by atoms with E-state index >= 15 is 0 Å². The highest BCUT2D eigenvalue weighted by Crippen LogP contribution is 2.27. The molecule has 18 heavy (non-hydrogen) atoms. The molecule has 0 unspecified atom stereocenters. The summed E-state index contributed by atoms with van der Waals surface area (Å²) in [6.45, 7) is 0.162. The van der Waals surface area contributed by atoms with E-state index in [2.05, 4.69) is 4.72 Å². The van der Waals surface area contributed by atoms with Crippen molar-refractivity contribution in [2.45, 2.75) is 25.4 Å². The molecule has 4 nitrogen and oxygen atoms in total. The van der Waals surface area contributed by atoms with Gasteiger partial charge in [-0.25, -0.2) is 0 Å². The molecule has 1 aromatic rings. The molecule has 1 aliphatic rings. The van der Waals surface area contributed by atoms with E-state index < -0.39 is 10.2 Å². The summed E-state index contributed by atoms with van der Waals surface area (Å²) < 4.78 is 27.7. The summed E-state index contributed by atoms with van der Waals surface area (Å²) in [4.78, 5) is 0. The van der Waals surface area contributed by atoms with Gasteiger partial charge in [0.15, 0.2) is 0 Å². The lowest BCUT2D eigenvalue weighted by molar-refractivity contribution is 0.452. The lowest BCUT2D eigenvalue weighted by Crippen LogP contribution is -2.39. The second-order valence-corrected chi connectivity index (χ2v) is 6.97. The molecule has 1 saturated carbocycles. The molecule has 7 heteroatoms. The highest BCUT2D eigenvalue weighted by Gasteiger charge is 2.33. The van der Waals surface area contributed by atoms with Crippen LogP contribution in [0.1, 0.15) is 18.4 Å². The first kappa shape index (κ1) is 14.1. The minimum Gasteiger partial charge on any atom is -0.198 e. The van der Waals surface area contributed by atoms with Crippen molar-refractivity contribution in [3.63, 3.8) is 0 Å². The first-order valence-corrected chi connectivity index (χ1v) is 7.76. The van der Waals surface area contributed by atoms with Crippen molar-refractivity contribution in [2.24, 2.45) is 0 Å². The zero-order valence-electron chi connectivity index (χ0n) is 9.86. The normalized spacial score (nSPS) is 16.2. The average molecular weight is 309 g/mol. The van der Waals surface area contributed by atoms with Gasteiger partial charge in [-0.15, -0.1) is 0 Å². The van der Waals surface area contributed by atoms with Crippen molar-refractivity contribution >= 4 is 33.4 Å². The lowest BCUT2D eigenvalue weighted by Gasteiger charge is -2.17. The summed E-state index contributed by atoms with van der Waals surface area (Å²) in [7, 11) is -1.84. The minimum absolute atomic E-state index is 0.142. The fourth-order valence-corrected chi connectivity index (χ4v) is 3.19. The van der Waals surface area contributed by atoms with Crippen LogP contribution in [-0.4, -0.2) is 25.8 Å². The maximum absolute atomic E-state index is 11.9. The quantitative estimate of drug-likeness (QED) is 0.908. The van der Waals surface area contributed by atoms with Gasteiger partial charge in [0.2, 0.25) is 0 Å². The molecular weight excluding hydrogens is 295 g/mol. The van der Waals surface area contributed by atoms with Crippen LogP contribution in [-0.2, 0) is 16.8 Å². The molecule has 1 N–H and O–H groups in total. The Morgan fingerprint density at radius 3 is 2.61 bits per heavy atom. The SMILES string of the molecule is CN(C1CC1)S(=O)(=O)NCc1ccc(Cl)cc1Cl. The van der Waals surface area contributed by atoms with Gasteiger partial charge >= 0.3 is 0 Å². The van der Waals surface area contributed by atoms with Gasteiger partial charge in [-0.05, 0) is 30.5 Å². The zero-order chi connectivity index (χ0) is 13.3. The van der Waals surface area contributed by atoms with Crippen LogP contribution >= 0.6 is 23.2 Å². The third-order valence-corrected chi connectivity index (χ3v) is 5.05. The topological polar surface area (TPSA) is 49.4 Å². The van der Waals surface area contributed by atoms with Gasteiger partial charge in [0.25, 0.3) is 10.2 Å². The molecule has 1 fully saturated rings. The number of halogens is 2. The maximum atomic E-state index is 11.9. The Morgan fingerprint density at radius 2 is 2.06 bits per heavy atom. The van der Waals surface area contributed by atoms with Crippen LogP contribution in [0.5, 0.6) is 0 Å². The number of nitrogens with zero attached hydrogens (tertiary/aromatic N) is 1. The number of hydrogen-bond donors (Lipinski definition) is 1. The maximum Gasteiger partial charge on any atom is 0.279 e. The van der Waals surface area contributed by atoms with Crippen LogP contribution in [0.25, 0.3) is 0 Å². The van der Waals surface area contributed by atoms with Crippen LogP contribution < -0.4 is 4.72 Å². The Kier molecular flexibility index (Phi) is 4.18. The van der Waals surface area contributed by atoms with Gasteiger partial charge in [0.1, 0.15) is 0 Å². The molecule has 0 amide bonds. The molecule has 0 aliphatic heterocycles. The largest absolute Gasteiger partial charge is 0.279 e. The van der Waals surface area contributed by atoms with Crippen molar-refractivity contribution in [2.75, 3.05) is 7.05 Å². The molecule has 1 aliphatic carbocycles. The monoisotopic (exact) mass is 308 g/mol. The van der Waals surface area contributed by atoms with E-state index in [4.69, 9.17) is 23.2 Å². The molecule has 0 atom stereocenters. The van der Waals surface area contributed by atoms with Crippen molar-refractivity contribution in [3.8, 4) is 0 Å².